The molecule has 0 aromatic carbocycles. The summed E-state index contributed by atoms with van der Waals surface area (Å²) in [5.74, 6) is 1.17. The van der Waals surface area contributed by atoms with E-state index >= 15 is 0 Å². The minimum absolute atomic E-state index is 0.0400. The fourth-order valence-electron chi connectivity index (χ4n) is 3.71. The molecule has 0 N–H and O–H groups in total. The number of oxazole rings is 1. The third-order valence-corrected chi connectivity index (χ3v) is 5.42. The van der Waals surface area contributed by atoms with Crippen molar-refractivity contribution in [1.82, 2.24) is 24.6 Å². The number of methoxy groups -OCH3 is 1. The molecule has 8 nitrogen and oxygen atoms in total. The maximum Gasteiger partial charge on any atom is 0.255 e. The number of carbonyl (C=O) groups is 1. The molecule has 1 fully saturated rings. The number of pyridine rings is 1. The van der Waals surface area contributed by atoms with Crippen LogP contribution in [0.1, 0.15) is 34.5 Å². The van der Waals surface area contributed by atoms with Crippen molar-refractivity contribution in [1.29, 1.82) is 0 Å². The summed E-state index contributed by atoms with van der Waals surface area (Å²) in [6.07, 6.45) is 7.90. The van der Waals surface area contributed by atoms with E-state index in [1.165, 1.54) is 24.9 Å². The van der Waals surface area contributed by atoms with Gasteiger partial charge in [-0.3, -0.25) is 9.48 Å². The molecule has 0 spiro atoms. The van der Waals surface area contributed by atoms with Crippen LogP contribution >= 0.6 is 0 Å². The van der Waals surface area contributed by atoms with Crippen LogP contribution < -0.4 is 4.74 Å². The third-order valence-electron chi connectivity index (χ3n) is 5.42. The van der Waals surface area contributed by atoms with Crippen molar-refractivity contribution in [3.8, 4) is 17.3 Å². The van der Waals surface area contributed by atoms with Crippen LogP contribution in [0.4, 0.5) is 0 Å². The Morgan fingerprint density at radius 3 is 2.89 bits per heavy atom. The maximum absolute atomic E-state index is 13.0. The van der Waals surface area contributed by atoms with Crippen molar-refractivity contribution in [3.63, 3.8) is 0 Å². The average molecular weight is 379 g/mol. The Balaban J connectivity index is 1.45. The largest absolute Gasteiger partial charge is 0.481 e. The number of carbonyl (C=O) groups excluding carboxylic acids is 1. The van der Waals surface area contributed by atoms with Gasteiger partial charge in [-0.2, -0.15) is 5.10 Å². The number of nitrogens with zero attached hydrogens (tertiary/aromatic N) is 5. The van der Waals surface area contributed by atoms with Gasteiger partial charge in [0.2, 0.25) is 5.88 Å². The Labute approximate surface area is 162 Å². The van der Waals surface area contributed by atoms with Crippen LogP contribution in [-0.2, 0) is 19.5 Å². The fourth-order valence-corrected chi connectivity index (χ4v) is 3.71. The van der Waals surface area contributed by atoms with Gasteiger partial charge < -0.3 is 14.1 Å². The van der Waals surface area contributed by atoms with Gasteiger partial charge in [-0.25, -0.2) is 9.97 Å². The standard InChI is InChI=1S/C20H21N5O3/c1-27-18-5-4-14(8-21-18)20(26)24-7-6-17-15(10-24)19(16-11-28-12-22-16)23-25(17)9-13-2-3-13/h4-5,8,11-13H,2-3,6-7,9-10H2,1H3. The molecule has 0 unspecified atom stereocenters. The van der Waals surface area contributed by atoms with Gasteiger partial charge in [-0.05, 0) is 24.8 Å². The molecule has 4 heterocycles. The van der Waals surface area contributed by atoms with Crippen molar-refractivity contribution in [3.05, 3.63) is 47.8 Å². The van der Waals surface area contributed by atoms with E-state index in [1.54, 1.807) is 31.7 Å². The zero-order valence-electron chi connectivity index (χ0n) is 15.7. The van der Waals surface area contributed by atoms with Gasteiger partial charge in [0.05, 0.1) is 19.2 Å². The topological polar surface area (TPSA) is 86.3 Å². The third kappa shape index (κ3) is 3.04. The van der Waals surface area contributed by atoms with Gasteiger partial charge in [-0.1, -0.05) is 0 Å². The smallest absolute Gasteiger partial charge is 0.255 e. The van der Waals surface area contributed by atoms with Crippen molar-refractivity contribution in [2.75, 3.05) is 13.7 Å². The van der Waals surface area contributed by atoms with Crippen molar-refractivity contribution >= 4 is 5.91 Å². The van der Waals surface area contributed by atoms with Crippen molar-refractivity contribution < 1.29 is 13.9 Å². The van der Waals surface area contributed by atoms with Crippen molar-refractivity contribution in [2.24, 2.45) is 5.92 Å². The lowest BCUT2D eigenvalue weighted by Gasteiger charge is -2.28. The monoisotopic (exact) mass is 379 g/mol. The summed E-state index contributed by atoms with van der Waals surface area (Å²) in [5, 5.41) is 4.83. The van der Waals surface area contributed by atoms with Crippen LogP contribution in [-0.4, -0.2) is 44.2 Å². The highest BCUT2D eigenvalue weighted by molar-refractivity contribution is 5.94. The van der Waals surface area contributed by atoms with Gasteiger partial charge in [0.15, 0.2) is 6.39 Å². The van der Waals surface area contributed by atoms with Crippen LogP contribution in [0.3, 0.4) is 0 Å². The zero-order valence-corrected chi connectivity index (χ0v) is 15.7. The quantitative estimate of drug-likeness (QED) is 0.677. The molecule has 8 heteroatoms. The molecule has 144 valence electrons. The summed E-state index contributed by atoms with van der Waals surface area (Å²) in [7, 11) is 1.56. The molecule has 0 bridgehead atoms. The number of fused-ring (bicyclic) bond motifs is 1. The Hall–Kier alpha value is -3.16. The molecule has 3 aromatic heterocycles. The van der Waals surface area contributed by atoms with Crippen molar-refractivity contribution in [2.45, 2.75) is 32.4 Å². The predicted molar refractivity (Wildman–Crippen MR) is 99.7 cm³/mol. The highest BCUT2D eigenvalue weighted by atomic mass is 16.5. The average Bonchev–Trinajstić information content (AvgIpc) is 3.25. The minimum atomic E-state index is -0.0400. The van der Waals surface area contributed by atoms with Crippen LogP contribution in [0, 0.1) is 5.92 Å². The van der Waals surface area contributed by atoms with Crippen LogP contribution in [0.25, 0.3) is 11.4 Å². The van der Waals surface area contributed by atoms with E-state index in [2.05, 4.69) is 14.6 Å². The summed E-state index contributed by atoms with van der Waals surface area (Å²) in [6.45, 7) is 2.11. The van der Waals surface area contributed by atoms with Crippen LogP contribution in [0.15, 0.2) is 35.4 Å². The first-order valence-electron chi connectivity index (χ1n) is 9.49. The second kappa shape index (κ2) is 6.78. The zero-order chi connectivity index (χ0) is 19.1. The highest BCUT2D eigenvalue weighted by Gasteiger charge is 2.31. The minimum Gasteiger partial charge on any atom is -0.481 e. The predicted octanol–water partition coefficient (Wildman–Crippen LogP) is 2.55. The van der Waals surface area contributed by atoms with Gasteiger partial charge in [0, 0.05) is 43.0 Å². The lowest BCUT2D eigenvalue weighted by atomic mass is 10.0. The SMILES string of the molecule is COc1ccc(C(=O)N2CCc3c(c(-c4cocn4)nn3CC3CC3)C2)cn1. The van der Waals surface area contributed by atoms with E-state index in [4.69, 9.17) is 14.3 Å². The molecule has 0 saturated heterocycles. The Morgan fingerprint density at radius 1 is 1.32 bits per heavy atom. The van der Waals surface area contributed by atoms with Gasteiger partial charge in [0.1, 0.15) is 17.7 Å². The lowest BCUT2D eigenvalue weighted by molar-refractivity contribution is 0.0733. The number of hydrogen-bond donors (Lipinski definition) is 0. The number of amides is 1. The Kier molecular flexibility index (Phi) is 4.11. The summed E-state index contributed by atoms with van der Waals surface area (Å²) >= 11 is 0. The molecular formula is C20H21N5O3. The molecule has 0 radical (unpaired) electrons. The second-order valence-electron chi connectivity index (χ2n) is 7.34. The van der Waals surface area contributed by atoms with Gasteiger partial charge >= 0.3 is 0 Å². The molecule has 1 aliphatic carbocycles. The van der Waals surface area contributed by atoms with E-state index in [0.717, 1.165) is 30.1 Å². The summed E-state index contributed by atoms with van der Waals surface area (Å²) < 4.78 is 12.4. The second-order valence-corrected chi connectivity index (χ2v) is 7.34. The number of rotatable bonds is 5. The molecule has 28 heavy (non-hydrogen) atoms. The molecule has 2 aliphatic rings. The molecular weight excluding hydrogens is 358 g/mol. The number of aromatic nitrogens is 4. The Morgan fingerprint density at radius 2 is 2.21 bits per heavy atom. The van der Waals surface area contributed by atoms with E-state index in [9.17, 15) is 4.79 Å². The number of hydrogen-bond acceptors (Lipinski definition) is 6. The fraction of sp³-hybridized carbons (Fsp3) is 0.400. The summed E-state index contributed by atoms with van der Waals surface area (Å²) in [5.41, 5.74) is 4.36. The molecule has 3 aromatic rings. The van der Waals surface area contributed by atoms with Gasteiger partial charge in [-0.15, -0.1) is 0 Å². The lowest BCUT2D eigenvalue weighted by Crippen LogP contribution is -2.36. The first kappa shape index (κ1) is 17.0. The van der Waals surface area contributed by atoms with Crippen LogP contribution in [0.2, 0.25) is 0 Å². The normalized spacial score (nSPS) is 16.1. The Bertz CT molecular complexity index is 990. The number of ether oxygens (including phenoxy) is 1. The molecule has 1 aliphatic heterocycles. The molecule has 5 rings (SSSR count). The first-order valence-corrected chi connectivity index (χ1v) is 9.49. The van der Waals surface area contributed by atoms with E-state index in [-0.39, 0.29) is 5.91 Å². The molecule has 0 atom stereocenters. The van der Waals surface area contributed by atoms with E-state index in [1.807, 2.05) is 4.90 Å². The van der Waals surface area contributed by atoms with Gasteiger partial charge in [0.25, 0.3) is 5.91 Å². The van der Waals surface area contributed by atoms with Crippen LogP contribution in [0.5, 0.6) is 5.88 Å². The maximum atomic E-state index is 13.0. The molecule has 1 saturated carbocycles. The van der Waals surface area contributed by atoms with E-state index in [0.29, 0.717) is 30.2 Å². The molecule has 1 amide bonds. The van der Waals surface area contributed by atoms with E-state index < -0.39 is 0 Å². The summed E-state index contributed by atoms with van der Waals surface area (Å²) in [6, 6.07) is 3.45. The highest BCUT2D eigenvalue weighted by Crippen LogP contribution is 2.35. The summed E-state index contributed by atoms with van der Waals surface area (Å²) in [4.78, 5) is 23.3. The first-order chi connectivity index (χ1) is 13.7.